The highest BCUT2D eigenvalue weighted by molar-refractivity contribution is 5.97. The van der Waals surface area contributed by atoms with Gasteiger partial charge in [-0.2, -0.15) is 0 Å². The van der Waals surface area contributed by atoms with Crippen LogP contribution in [0.25, 0.3) is 0 Å². The maximum Gasteiger partial charge on any atom is 0.311 e. The summed E-state index contributed by atoms with van der Waals surface area (Å²) in [5, 5.41) is 8.96. The average molecular weight is 323 g/mol. The number of hydrogen-bond donors (Lipinski definition) is 1. The second-order valence-electron chi connectivity index (χ2n) is 6.72. The van der Waals surface area contributed by atoms with Gasteiger partial charge in [0.15, 0.2) is 0 Å². The molecule has 2 unspecified atom stereocenters. The van der Waals surface area contributed by atoms with Crippen molar-refractivity contribution in [1.29, 1.82) is 0 Å². The third kappa shape index (κ3) is 3.13. The Labute approximate surface area is 136 Å². The topological polar surface area (TPSA) is 80.0 Å². The van der Waals surface area contributed by atoms with Crippen molar-refractivity contribution in [3.63, 3.8) is 0 Å². The summed E-state index contributed by atoms with van der Waals surface area (Å²) in [7, 11) is 1.76. The van der Waals surface area contributed by atoms with Crippen LogP contribution in [0, 0.1) is 12.3 Å². The number of carbonyl (C=O) groups excluding carboxylic acids is 1. The van der Waals surface area contributed by atoms with E-state index in [9.17, 15) is 9.59 Å². The highest BCUT2D eigenvalue weighted by atomic mass is 16.5. The number of rotatable bonds is 6. The van der Waals surface area contributed by atoms with Gasteiger partial charge in [0.05, 0.1) is 17.9 Å². The number of hydrogen-bond acceptors (Lipinski definition) is 4. The van der Waals surface area contributed by atoms with Gasteiger partial charge < -0.3 is 19.2 Å². The van der Waals surface area contributed by atoms with Gasteiger partial charge in [-0.05, 0) is 20.3 Å². The third-order valence-electron chi connectivity index (χ3n) is 4.86. The van der Waals surface area contributed by atoms with Crippen LogP contribution >= 0.6 is 0 Å². The number of ether oxygens (including phenoxy) is 1. The van der Waals surface area contributed by atoms with E-state index < -0.39 is 5.97 Å². The highest BCUT2D eigenvalue weighted by Gasteiger charge is 2.52. The van der Waals surface area contributed by atoms with Crippen LogP contribution in [0.1, 0.15) is 48.9 Å². The zero-order chi connectivity index (χ0) is 17.4. The lowest BCUT2D eigenvalue weighted by Crippen LogP contribution is -2.62. The molecule has 0 aromatic carbocycles. The monoisotopic (exact) mass is 323 g/mol. The molecule has 0 aliphatic heterocycles. The molecule has 1 heterocycles. The molecule has 1 fully saturated rings. The number of furan rings is 1. The van der Waals surface area contributed by atoms with Crippen molar-refractivity contribution in [2.45, 2.75) is 52.7 Å². The SMILES string of the molecule is CCOC1CC(N(C)C(=O)c2c(C)coc2CC(=O)O)C1(C)C. The van der Waals surface area contributed by atoms with Crippen LogP contribution < -0.4 is 0 Å². The Morgan fingerprint density at radius 1 is 1.48 bits per heavy atom. The fraction of sp³-hybridized carbons (Fsp3) is 0.647. The molecule has 1 aromatic rings. The number of carbonyl (C=O) groups is 2. The van der Waals surface area contributed by atoms with Gasteiger partial charge in [0.25, 0.3) is 5.91 Å². The molecule has 1 aliphatic rings. The molecule has 128 valence electrons. The quantitative estimate of drug-likeness (QED) is 0.870. The fourth-order valence-corrected chi connectivity index (χ4v) is 3.38. The Balaban J connectivity index is 2.18. The number of amides is 1. The Morgan fingerprint density at radius 3 is 2.65 bits per heavy atom. The minimum absolute atomic E-state index is 0.0542. The zero-order valence-corrected chi connectivity index (χ0v) is 14.4. The first-order chi connectivity index (χ1) is 10.7. The molecule has 1 saturated carbocycles. The normalized spacial score (nSPS) is 22.5. The van der Waals surface area contributed by atoms with Gasteiger partial charge in [0.2, 0.25) is 0 Å². The van der Waals surface area contributed by atoms with E-state index in [-0.39, 0.29) is 35.6 Å². The minimum Gasteiger partial charge on any atom is -0.481 e. The molecule has 0 radical (unpaired) electrons. The van der Waals surface area contributed by atoms with Crippen LogP contribution in [0.2, 0.25) is 0 Å². The van der Waals surface area contributed by atoms with Crippen LogP contribution in [0.4, 0.5) is 0 Å². The Bertz CT molecular complexity index is 604. The molecule has 1 aliphatic carbocycles. The van der Waals surface area contributed by atoms with Crippen LogP contribution in [-0.2, 0) is 16.0 Å². The van der Waals surface area contributed by atoms with Crippen molar-refractivity contribution in [3.05, 3.63) is 23.2 Å². The summed E-state index contributed by atoms with van der Waals surface area (Å²) in [6, 6.07) is 0.0542. The van der Waals surface area contributed by atoms with E-state index in [1.807, 2.05) is 6.92 Å². The van der Waals surface area contributed by atoms with Crippen LogP contribution in [0.15, 0.2) is 10.7 Å². The summed E-state index contributed by atoms with van der Waals surface area (Å²) in [6.45, 7) is 8.55. The Hall–Kier alpha value is -1.82. The number of aryl methyl sites for hydroxylation is 1. The maximum atomic E-state index is 12.8. The van der Waals surface area contributed by atoms with E-state index >= 15 is 0 Å². The van der Waals surface area contributed by atoms with Crippen molar-refractivity contribution in [2.24, 2.45) is 5.41 Å². The first-order valence-electron chi connectivity index (χ1n) is 7.87. The van der Waals surface area contributed by atoms with Crippen LogP contribution in [-0.4, -0.2) is 47.7 Å². The number of nitrogens with zero attached hydrogens (tertiary/aromatic N) is 1. The third-order valence-corrected chi connectivity index (χ3v) is 4.86. The number of aliphatic carboxylic acids is 1. The van der Waals surface area contributed by atoms with Gasteiger partial charge in [-0.25, -0.2) is 0 Å². The largest absolute Gasteiger partial charge is 0.481 e. The van der Waals surface area contributed by atoms with E-state index in [2.05, 4.69) is 13.8 Å². The van der Waals surface area contributed by atoms with Gasteiger partial charge in [-0.15, -0.1) is 0 Å². The molecule has 23 heavy (non-hydrogen) atoms. The molecule has 0 spiro atoms. The number of carboxylic acids is 1. The van der Waals surface area contributed by atoms with E-state index in [0.29, 0.717) is 17.7 Å². The predicted octanol–water partition coefficient (Wildman–Crippen LogP) is 2.49. The predicted molar refractivity (Wildman–Crippen MR) is 84.5 cm³/mol. The lowest BCUT2D eigenvalue weighted by molar-refractivity contribution is -0.136. The zero-order valence-electron chi connectivity index (χ0n) is 14.4. The first-order valence-corrected chi connectivity index (χ1v) is 7.87. The van der Waals surface area contributed by atoms with Crippen molar-refractivity contribution in [3.8, 4) is 0 Å². The lowest BCUT2D eigenvalue weighted by Gasteiger charge is -2.54. The molecule has 1 amide bonds. The molecule has 0 bridgehead atoms. The first kappa shape index (κ1) is 17.5. The maximum absolute atomic E-state index is 12.8. The molecule has 0 saturated heterocycles. The Morgan fingerprint density at radius 2 is 2.13 bits per heavy atom. The summed E-state index contributed by atoms with van der Waals surface area (Å²) in [5.41, 5.74) is 0.896. The Kier molecular flexibility index (Phi) is 4.84. The summed E-state index contributed by atoms with van der Waals surface area (Å²) in [4.78, 5) is 25.5. The minimum atomic E-state index is -1.02. The van der Waals surface area contributed by atoms with Gasteiger partial charge in [0.1, 0.15) is 12.2 Å². The smallest absolute Gasteiger partial charge is 0.311 e. The summed E-state index contributed by atoms with van der Waals surface area (Å²) >= 11 is 0. The molecule has 6 nitrogen and oxygen atoms in total. The van der Waals surface area contributed by atoms with E-state index in [4.69, 9.17) is 14.3 Å². The lowest BCUT2D eigenvalue weighted by atomic mass is 9.63. The summed E-state index contributed by atoms with van der Waals surface area (Å²) < 4.78 is 11.0. The van der Waals surface area contributed by atoms with E-state index in [1.54, 1.807) is 18.9 Å². The summed E-state index contributed by atoms with van der Waals surface area (Å²) in [5.74, 6) is -0.998. The molecule has 2 atom stereocenters. The fourth-order valence-electron chi connectivity index (χ4n) is 3.38. The molecule has 1 N–H and O–H groups in total. The van der Waals surface area contributed by atoms with Crippen molar-refractivity contribution >= 4 is 11.9 Å². The highest BCUT2D eigenvalue weighted by Crippen LogP contribution is 2.45. The molecular formula is C17H25NO5. The van der Waals surface area contributed by atoms with E-state index in [1.165, 1.54) is 6.26 Å². The van der Waals surface area contributed by atoms with Gasteiger partial charge in [0, 0.05) is 30.7 Å². The molecule has 6 heteroatoms. The van der Waals surface area contributed by atoms with Crippen LogP contribution in [0.3, 0.4) is 0 Å². The standard InChI is InChI=1S/C17H25NO5/c1-6-22-13-8-12(17(13,3)4)18(5)16(21)15-10(2)9-23-11(15)7-14(19)20/h9,12-13H,6-8H2,1-5H3,(H,19,20). The number of carboxylic acid groups (broad SMARTS) is 1. The van der Waals surface area contributed by atoms with Gasteiger partial charge >= 0.3 is 5.97 Å². The molecule has 1 aromatic heterocycles. The van der Waals surface area contributed by atoms with Gasteiger partial charge in [-0.1, -0.05) is 13.8 Å². The molecule has 2 rings (SSSR count). The van der Waals surface area contributed by atoms with Crippen molar-refractivity contribution in [2.75, 3.05) is 13.7 Å². The van der Waals surface area contributed by atoms with E-state index in [0.717, 1.165) is 6.42 Å². The second-order valence-corrected chi connectivity index (χ2v) is 6.72. The summed E-state index contributed by atoms with van der Waals surface area (Å²) in [6.07, 6.45) is 2.07. The van der Waals surface area contributed by atoms with Crippen molar-refractivity contribution < 1.29 is 23.8 Å². The van der Waals surface area contributed by atoms with Crippen LogP contribution in [0.5, 0.6) is 0 Å². The van der Waals surface area contributed by atoms with Crippen molar-refractivity contribution in [1.82, 2.24) is 4.90 Å². The molecular weight excluding hydrogens is 298 g/mol. The van der Waals surface area contributed by atoms with Gasteiger partial charge in [-0.3, -0.25) is 9.59 Å². The average Bonchev–Trinajstić information content (AvgIpc) is 2.81. The second kappa shape index (κ2) is 6.35.